The molecule has 0 aromatic heterocycles. The van der Waals surface area contributed by atoms with Crippen molar-refractivity contribution >= 4 is 5.91 Å². The van der Waals surface area contributed by atoms with Crippen LogP contribution in [0.25, 0.3) is 0 Å². The highest BCUT2D eigenvalue weighted by atomic mass is 19.4. The van der Waals surface area contributed by atoms with E-state index in [0.717, 1.165) is 5.56 Å². The molecule has 2 rings (SSSR count). The molecule has 0 aliphatic heterocycles. The lowest BCUT2D eigenvalue weighted by molar-refractivity contribution is -0.153. The average molecular weight is 352 g/mol. The number of rotatable bonds is 7. The molecule has 0 saturated carbocycles. The van der Waals surface area contributed by atoms with Gasteiger partial charge in [-0.05, 0) is 11.6 Å². The van der Waals surface area contributed by atoms with Crippen LogP contribution in [0.4, 0.5) is 13.2 Å². The van der Waals surface area contributed by atoms with Gasteiger partial charge in [0.15, 0.2) is 6.61 Å². The normalized spacial score (nSPS) is 12.5. The van der Waals surface area contributed by atoms with Crippen molar-refractivity contribution in [3.05, 3.63) is 65.7 Å². The molecule has 0 radical (unpaired) electrons. The zero-order valence-corrected chi connectivity index (χ0v) is 13.4. The molecule has 2 aromatic carbocycles. The van der Waals surface area contributed by atoms with E-state index in [4.69, 9.17) is 10.5 Å². The monoisotopic (exact) mass is 352 g/mol. The zero-order valence-electron chi connectivity index (χ0n) is 13.4. The molecule has 134 valence electrons. The fourth-order valence-corrected chi connectivity index (χ4v) is 2.23. The maximum Gasteiger partial charge on any atom is 0.422 e. The van der Waals surface area contributed by atoms with Crippen molar-refractivity contribution < 1.29 is 22.7 Å². The summed E-state index contributed by atoms with van der Waals surface area (Å²) in [5, 5.41) is 2.66. The number of nitrogens with two attached hydrogens (primary N) is 1. The number of para-hydroxylation sites is 1. The summed E-state index contributed by atoms with van der Waals surface area (Å²) in [5.41, 5.74) is 7.29. The Labute approximate surface area is 143 Å². The van der Waals surface area contributed by atoms with Crippen LogP contribution in [-0.2, 0) is 11.3 Å². The lowest BCUT2D eigenvalue weighted by atomic mass is 10.0. The molecule has 3 N–H and O–H groups in total. The minimum Gasteiger partial charge on any atom is -0.484 e. The van der Waals surface area contributed by atoms with Crippen molar-refractivity contribution in [2.45, 2.75) is 25.2 Å². The van der Waals surface area contributed by atoms with E-state index in [2.05, 4.69) is 5.32 Å². The van der Waals surface area contributed by atoms with Gasteiger partial charge in [0.2, 0.25) is 5.91 Å². The first-order valence-corrected chi connectivity index (χ1v) is 7.70. The topological polar surface area (TPSA) is 64.4 Å². The van der Waals surface area contributed by atoms with Gasteiger partial charge in [-0.25, -0.2) is 0 Å². The molecule has 0 aliphatic rings. The first kappa shape index (κ1) is 18.8. The first-order valence-electron chi connectivity index (χ1n) is 7.70. The Bertz CT molecular complexity index is 690. The summed E-state index contributed by atoms with van der Waals surface area (Å²) < 4.78 is 41.6. The third-order valence-electron chi connectivity index (χ3n) is 3.47. The lowest BCUT2D eigenvalue weighted by Gasteiger charge is -2.15. The van der Waals surface area contributed by atoms with E-state index >= 15 is 0 Å². The van der Waals surface area contributed by atoms with Crippen molar-refractivity contribution in [1.82, 2.24) is 5.32 Å². The van der Waals surface area contributed by atoms with Gasteiger partial charge in [-0.15, -0.1) is 0 Å². The summed E-state index contributed by atoms with van der Waals surface area (Å²) in [6.07, 6.45) is -4.34. The molecule has 2 aromatic rings. The Morgan fingerprint density at radius 2 is 1.72 bits per heavy atom. The van der Waals surface area contributed by atoms with Crippen molar-refractivity contribution in [2.75, 3.05) is 6.61 Å². The third-order valence-corrected chi connectivity index (χ3v) is 3.47. The summed E-state index contributed by atoms with van der Waals surface area (Å²) in [5.74, 6) is -0.200. The van der Waals surface area contributed by atoms with Crippen molar-refractivity contribution in [3.63, 3.8) is 0 Å². The SMILES string of the molecule is NC(CC(=O)NCc1ccccc1OCC(F)(F)F)c1ccccc1. The fraction of sp³-hybridized carbons (Fsp3) is 0.278. The highest BCUT2D eigenvalue weighted by Gasteiger charge is 2.28. The van der Waals surface area contributed by atoms with Gasteiger partial charge in [0.05, 0.1) is 0 Å². The molecular weight excluding hydrogens is 333 g/mol. The van der Waals surface area contributed by atoms with E-state index in [-0.39, 0.29) is 24.6 Å². The molecule has 0 fully saturated rings. The second-order valence-electron chi connectivity index (χ2n) is 5.51. The fourth-order valence-electron chi connectivity index (χ4n) is 2.23. The second-order valence-corrected chi connectivity index (χ2v) is 5.51. The Kier molecular flexibility index (Phi) is 6.41. The summed E-state index contributed by atoms with van der Waals surface area (Å²) in [6.45, 7) is -1.31. The smallest absolute Gasteiger partial charge is 0.422 e. The van der Waals surface area contributed by atoms with Gasteiger partial charge in [0.1, 0.15) is 5.75 Å². The molecule has 0 heterocycles. The van der Waals surface area contributed by atoms with Crippen LogP contribution >= 0.6 is 0 Å². The van der Waals surface area contributed by atoms with Gasteiger partial charge in [0.25, 0.3) is 0 Å². The predicted octanol–water partition coefficient (Wildman–Crippen LogP) is 3.33. The van der Waals surface area contributed by atoms with Crippen molar-refractivity contribution in [3.8, 4) is 5.75 Å². The molecule has 1 unspecified atom stereocenters. The Balaban J connectivity index is 1.89. The molecule has 0 aliphatic carbocycles. The van der Waals surface area contributed by atoms with E-state index in [0.29, 0.717) is 5.56 Å². The molecular formula is C18H19F3N2O2. The highest BCUT2D eigenvalue weighted by molar-refractivity contribution is 5.76. The number of benzene rings is 2. The number of carbonyl (C=O) groups excluding carboxylic acids is 1. The van der Waals surface area contributed by atoms with E-state index in [1.807, 2.05) is 30.3 Å². The van der Waals surface area contributed by atoms with Gasteiger partial charge in [-0.1, -0.05) is 48.5 Å². The quantitative estimate of drug-likeness (QED) is 0.803. The zero-order chi connectivity index (χ0) is 18.3. The largest absolute Gasteiger partial charge is 0.484 e. The molecule has 25 heavy (non-hydrogen) atoms. The van der Waals surface area contributed by atoms with Gasteiger partial charge >= 0.3 is 6.18 Å². The Morgan fingerprint density at radius 3 is 2.40 bits per heavy atom. The highest BCUT2D eigenvalue weighted by Crippen LogP contribution is 2.22. The summed E-state index contributed by atoms with van der Waals surface area (Å²) in [6, 6.07) is 15.0. The van der Waals surface area contributed by atoms with Gasteiger partial charge in [0, 0.05) is 24.6 Å². The van der Waals surface area contributed by atoms with Crippen LogP contribution in [0.3, 0.4) is 0 Å². The third kappa shape index (κ3) is 6.46. The van der Waals surface area contributed by atoms with Crippen molar-refractivity contribution in [2.24, 2.45) is 5.73 Å². The number of nitrogens with one attached hydrogen (secondary N) is 1. The molecule has 4 nitrogen and oxygen atoms in total. The Morgan fingerprint density at radius 1 is 1.08 bits per heavy atom. The van der Waals surface area contributed by atoms with E-state index in [1.54, 1.807) is 18.2 Å². The Hall–Kier alpha value is -2.54. The second kappa shape index (κ2) is 8.53. The van der Waals surface area contributed by atoms with Crippen LogP contribution in [0.1, 0.15) is 23.6 Å². The maximum absolute atomic E-state index is 12.3. The standard InChI is InChI=1S/C18H19F3N2O2/c19-18(20,21)12-25-16-9-5-4-8-14(16)11-23-17(24)10-15(22)13-6-2-1-3-7-13/h1-9,15H,10-12,22H2,(H,23,24). The van der Waals surface area contributed by atoms with Crippen LogP contribution in [-0.4, -0.2) is 18.7 Å². The van der Waals surface area contributed by atoms with Crippen molar-refractivity contribution in [1.29, 1.82) is 0 Å². The van der Waals surface area contributed by atoms with Gasteiger partial charge in [-0.2, -0.15) is 13.2 Å². The minimum atomic E-state index is -4.42. The molecule has 1 atom stereocenters. The van der Waals surface area contributed by atoms with E-state index in [9.17, 15) is 18.0 Å². The number of amides is 1. The molecule has 0 saturated heterocycles. The minimum absolute atomic E-state index is 0.0639. The average Bonchev–Trinajstić information content (AvgIpc) is 2.59. The van der Waals surface area contributed by atoms with Gasteiger partial charge in [-0.3, -0.25) is 4.79 Å². The van der Waals surface area contributed by atoms with E-state index in [1.165, 1.54) is 6.07 Å². The number of alkyl halides is 3. The van der Waals surface area contributed by atoms with Crippen LogP contribution in [0, 0.1) is 0 Å². The summed E-state index contributed by atoms with van der Waals surface area (Å²) in [7, 11) is 0. The van der Waals surface area contributed by atoms with Gasteiger partial charge < -0.3 is 15.8 Å². The summed E-state index contributed by atoms with van der Waals surface area (Å²) in [4.78, 5) is 12.0. The summed E-state index contributed by atoms with van der Waals surface area (Å²) >= 11 is 0. The maximum atomic E-state index is 12.3. The molecule has 7 heteroatoms. The van der Waals surface area contributed by atoms with Crippen LogP contribution in [0.15, 0.2) is 54.6 Å². The first-order chi connectivity index (χ1) is 11.8. The number of hydrogen-bond donors (Lipinski definition) is 2. The molecule has 1 amide bonds. The lowest BCUT2D eigenvalue weighted by Crippen LogP contribution is -2.27. The van der Waals surface area contributed by atoms with Crippen LogP contribution in [0.5, 0.6) is 5.75 Å². The van der Waals surface area contributed by atoms with Crippen LogP contribution < -0.4 is 15.8 Å². The van der Waals surface area contributed by atoms with E-state index < -0.39 is 18.8 Å². The van der Waals surface area contributed by atoms with Crippen LogP contribution in [0.2, 0.25) is 0 Å². The number of ether oxygens (including phenoxy) is 1. The molecule has 0 spiro atoms. The number of carbonyl (C=O) groups is 1. The molecule has 0 bridgehead atoms. The predicted molar refractivity (Wildman–Crippen MR) is 87.8 cm³/mol. The number of halogens is 3. The number of hydrogen-bond acceptors (Lipinski definition) is 3.